The predicted octanol–water partition coefficient (Wildman–Crippen LogP) is 4.43. The van der Waals surface area contributed by atoms with E-state index < -0.39 is 0 Å². The Hall–Kier alpha value is 0.661. The fourth-order valence-corrected chi connectivity index (χ4v) is 1.16. The van der Waals surface area contributed by atoms with Crippen LogP contribution in [0.25, 0.3) is 5.73 Å². The SMILES string of the molecule is CC(C)(C)[NH-].CC1=[C-]C(C)C(C)=C1C.Cl.[CH3-].[CH3-].[SiH4].[Ti+4]. The summed E-state index contributed by atoms with van der Waals surface area (Å²) < 4.78 is 0. The van der Waals surface area contributed by atoms with E-state index in [1.165, 1.54) is 16.7 Å². The quantitative estimate of drug-likeness (QED) is 0.460. The summed E-state index contributed by atoms with van der Waals surface area (Å²) in [5.41, 5.74) is 10.9. The van der Waals surface area contributed by atoms with Gasteiger partial charge in [0.1, 0.15) is 0 Å². The summed E-state index contributed by atoms with van der Waals surface area (Å²) in [7, 11) is 0. The molecule has 1 atom stereocenters. The molecule has 0 saturated heterocycles. The third kappa shape index (κ3) is 18.7. The van der Waals surface area contributed by atoms with Crippen LogP contribution in [0.15, 0.2) is 16.7 Å². The Morgan fingerprint density at radius 1 is 1.05 bits per heavy atom. The van der Waals surface area contributed by atoms with E-state index in [1.807, 2.05) is 20.8 Å². The van der Waals surface area contributed by atoms with Crippen molar-refractivity contribution in [2.75, 3.05) is 0 Å². The Morgan fingerprint density at radius 3 is 1.37 bits per heavy atom. The summed E-state index contributed by atoms with van der Waals surface area (Å²) in [4.78, 5) is 0. The third-order valence-electron chi connectivity index (χ3n) is 2.24. The van der Waals surface area contributed by atoms with Gasteiger partial charge in [-0.3, -0.25) is 6.08 Å². The number of nitrogens with one attached hydrogen (secondary N) is 1. The molecular weight excluding hydrogens is 306 g/mol. The molecule has 0 aromatic carbocycles. The van der Waals surface area contributed by atoms with Gasteiger partial charge in [0, 0.05) is 0 Å². The van der Waals surface area contributed by atoms with Crippen molar-refractivity contribution in [2.24, 2.45) is 5.92 Å². The maximum Gasteiger partial charge on any atom is 4.00 e. The first-order valence-electron chi connectivity index (χ1n) is 5.15. The molecule has 19 heavy (non-hydrogen) atoms. The van der Waals surface area contributed by atoms with Gasteiger partial charge in [-0.2, -0.15) is 11.1 Å². The van der Waals surface area contributed by atoms with E-state index in [4.69, 9.17) is 5.73 Å². The van der Waals surface area contributed by atoms with Gasteiger partial charge in [-0.25, -0.2) is 5.57 Å². The molecule has 0 heterocycles. The molecule has 0 fully saturated rings. The minimum absolute atomic E-state index is 0. The normalized spacial score (nSPS) is 16.0. The summed E-state index contributed by atoms with van der Waals surface area (Å²) >= 11 is 0. The molecule has 0 bridgehead atoms. The fourth-order valence-electron chi connectivity index (χ4n) is 1.16. The average Bonchev–Trinajstić information content (AvgIpc) is 2.14. The molecule has 0 amide bonds. The van der Waals surface area contributed by atoms with Crippen molar-refractivity contribution in [1.29, 1.82) is 0 Å². The summed E-state index contributed by atoms with van der Waals surface area (Å²) in [6.45, 7) is 14.2. The average molecular weight is 340 g/mol. The molecule has 0 radical (unpaired) electrons. The molecule has 1 N–H and O–H groups in total. The van der Waals surface area contributed by atoms with Gasteiger partial charge in [-0.15, -0.1) is 24.9 Å². The van der Waals surface area contributed by atoms with E-state index in [-0.39, 0.29) is 65.5 Å². The van der Waals surface area contributed by atoms with Crippen molar-refractivity contribution in [1.82, 2.24) is 0 Å². The molecule has 1 unspecified atom stereocenters. The Kier molecular flexibility index (Phi) is 29.1. The van der Waals surface area contributed by atoms with Crippen LogP contribution < -0.4 is 0 Å². The summed E-state index contributed by atoms with van der Waals surface area (Å²) in [6.07, 6.45) is 3.36. The number of hydrogen-bond donors (Lipinski definition) is 0. The molecule has 1 nitrogen and oxygen atoms in total. The van der Waals surface area contributed by atoms with Crippen LogP contribution in [0.5, 0.6) is 0 Å². The third-order valence-corrected chi connectivity index (χ3v) is 2.24. The van der Waals surface area contributed by atoms with Crippen molar-refractivity contribution < 1.29 is 21.7 Å². The monoisotopic (exact) mass is 339 g/mol. The summed E-state index contributed by atoms with van der Waals surface area (Å²) in [6, 6.07) is 0. The molecule has 0 aromatic rings. The molecule has 1 aliphatic rings. The predicted molar refractivity (Wildman–Crippen MR) is 95.5 cm³/mol. The van der Waals surface area contributed by atoms with Crippen LogP contribution in [-0.4, -0.2) is 16.5 Å². The van der Waals surface area contributed by atoms with E-state index >= 15 is 0 Å². The Labute approximate surface area is 148 Å². The zero-order valence-electron chi connectivity index (χ0n) is 13.5. The minimum atomic E-state index is -0.250. The van der Waals surface area contributed by atoms with Crippen molar-refractivity contribution in [3.8, 4) is 0 Å². The van der Waals surface area contributed by atoms with Crippen LogP contribution in [0.3, 0.4) is 0 Å². The van der Waals surface area contributed by atoms with Gasteiger partial charge in [0.05, 0.1) is 0 Å². The van der Waals surface area contributed by atoms with Crippen LogP contribution in [0.1, 0.15) is 48.5 Å². The molecule has 1 rings (SSSR count). The molecule has 0 saturated carbocycles. The van der Waals surface area contributed by atoms with Gasteiger partial charge in [0.15, 0.2) is 0 Å². The van der Waals surface area contributed by atoms with Crippen LogP contribution in [-0.2, 0) is 21.7 Å². The molecular formula is C15H34ClNSiTi. The Bertz CT molecular complexity index is 262. The Balaban J connectivity index is -0.0000000385. The summed E-state index contributed by atoms with van der Waals surface area (Å²) in [5, 5.41) is 0. The molecule has 114 valence electrons. The first-order valence-corrected chi connectivity index (χ1v) is 5.15. The van der Waals surface area contributed by atoms with Crippen molar-refractivity contribution in [2.45, 2.75) is 54.0 Å². The van der Waals surface area contributed by atoms with Gasteiger partial charge >= 0.3 is 21.7 Å². The molecule has 1 aliphatic carbocycles. The second-order valence-electron chi connectivity index (χ2n) is 5.05. The number of rotatable bonds is 0. The molecule has 0 aromatic heterocycles. The first-order chi connectivity index (χ1) is 6.13. The topological polar surface area (TPSA) is 23.8 Å². The van der Waals surface area contributed by atoms with E-state index in [9.17, 15) is 0 Å². The number of hydrogen-bond acceptors (Lipinski definition) is 0. The largest absolute Gasteiger partial charge is 4.00 e. The number of allylic oxidation sites excluding steroid dienone is 4. The first kappa shape index (κ1) is 36.7. The van der Waals surface area contributed by atoms with E-state index in [1.54, 1.807) is 0 Å². The number of halogens is 1. The maximum atomic E-state index is 6.94. The fraction of sp³-hybridized carbons (Fsp3) is 0.600. The zero-order valence-corrected chi connectivity index (χ0v) is 15.9. The molecule has 4 heteroatoms. The van der Waals surface area contributed by atoms with Gasteiger partial charge in [-0.05, 0) is 11.0 Å². The van der Waals surface area contributed by atoms with Crippen LogP contribution in [0.2, 0.25) is 0 Å². The van der Waals surface area contributed by atoms with Gasteiger partial charge in [0.25, 0.3) is 0 Å². The minimum Gasteiger partial charge on any atom is -0.673 e. The van der Waals surface area contributed by atoms with Crippen LogP contribution in [0.4, 0.5) is 0 Å². The van der Waals surface area contributed by atoms with Crippen molar-refractivity contribution in [3.05, 3.63) is 43.4 Å². The van der Waals surface area contributed by atoms with Crippen molar-refractivity contribution in [3.63, 3.8) is 0 Å². The molecule has 0 spiro atoms. The second kappa shape index (κ2) is 15.1. The van der Waals surface area contributed by atoms with E-state index in [0.717, 1.165) is 0 Å². The standard InChI is InChI=1S/C9H13.C4H10N.2CH3.ClH.H4Si.Ti/c1-6-5-7(2)9(4)8(6)3;1-4(2,3)5;;;;;/h6H,1-4H3;5H,1-3H3;2*1H3;1H;1H4;/q4*-1;;;+4. The second-order valence-corrected chi connectivity index (χ2v) is 5.05. The van der Waals surface area contributed by atoms with Crippen LogP contribution >= 0.6 is 12.4 Å². The van der Waals surface area contributed by atoms with Crippen LogP contribution in [0, 0.1) is 26.8 Å². The smallest absolute Gasteiger partial charge is 0.673 e. The Morgan fingerprint density at radius 2 is 1.32 bits per heavy atom. The van der Waals surface area contributed by atoms with E-state index in [0.29, 0.717) is 5.92 Å². The van der Waals surface area contributed by atoms with E-state index in [2.05, 4.69) is 33.8 Å². The zero-order chi connectivity index (χ0) is 11.5. The van der Waals surface area contributed by atoms with Gasteiger partial charge < -0.3 is 20.6 Å². The van der Waals surface area contributed by atoms with Gasteiger partial charge in [0.2, 0.25) is 0 Å². The molecule has 0 aliphatic heterocycles. The van der Waals surface area contributed by atoms with Gasteiger partial charge in [-0.1, -0.05) is 47.5 Å². The van der Waals surface area contributed by atoms with Crippen molar-refractivity contribution >= 4 is 23.4 Å². The maximum absolute atomic E-state index is 6.94. The summed E-state index contributed by atoms with van der Waals surface area (Å²) in [5.74, 6) is 0.560.